The molecule has 2 atom stereocenters. The topological polar surface area (TPSA) is 45.5 Å². The molecule has 3 N–H and O–H groups in total. The van der Waals surface area contributed by atoms with Crippen molar-refractivity contribution in [1.82, 2.24) is 9.55 Å². The zero-order chi connectivity index (χ0) is 17.0. The number of fused-ring (bicyclic) bond motifs is 3. The third-order valence-corrected chi connectivity index (χ3v) is 4.81. The number of nitrogens with zero attached hydrogens (tertiary/aromatic N) is 2. The molecule has 3 nitrogen and oxygen atoms in total. The van der Waals surface area contributed by atoms with Gasteiger partial charge in [-0.3, -0.25) is 0 Å². The number of aryl methyl sites for hydroxylation is 1. The first-order valence-electron chi connectivity index (χ1n) is 7.87. The number of aromatic nitrogens is 2. The first-order chi connectivity index (χ1) is 11.4. The van der Waals surface area contributed by atoms with Gasteiger partial charge in [0, 0.05) is 24.0 Å². The van der Waals surface area contributed by atoms with Gasteiger partial charge in [-0.25, -0.2) is 18.2 Å². The van der Waals surface area contributed by atoms with Crippen LogP contribution in [0.5, 0.6) is 0 Å². The first-order valence-corrected chi connectivity index (χ1v) is 7.87. The van der Waals surface area contributed by atoms with Crippen molar-refractivity contribution >= 4 is 11.0 Å². The van der Waals surface area contributed by atoms with E-state index >= 15 is 0 Å². The monoisotopic (exact) mass is 332 g/mol. The second kappa shape index (κ2) is 5.34. The molecule has 2 aromatic carbocycles. The Bertz CT molecular complexity index is 948. The molecular weight excluding hydrogens is 315 g/mol. The van der Waals surface area contributed by atoms with Crippen molar-refractivity contribution in [3.05, 3.63) is 64.7 Å². The molecule has 0 unspecified atom stereocenters. The summed E-state index contributed by atoms with van der Waals surface area (Å²) in [5.74, 6) is -2.44. The van der Waals surface area contributed by atoms with Crippen molar-refractivity contribution in [1.29, 1.82) is 0 Å². The van der Waals surface area contributed by atoms with E-state index in [1.165, 1.54) is 0 Å². The predicted octanol–water partition coefficient (Wildman–Crippen LogP) is 2.71. The van der Waals surface area contributed by atoms with Gasteiger partial charge in [0.2, 0.25) is 0 Å². The van der Waals surface area contributed by atoms with Gasteiger partial charge in [0.15, 0.2) is 11.6 Å². The summed E-state index contributed by atoms with van der Waals surface area (Å²) in [6, 6.07) is 7.46. The van der Waals surface area contributed by atoms with Gasteiger partial charge in [-0.05, 0) is 30.7 Å². The van der Waals surface area contributed by atoms with Crippen molar-refractivity contribution in [2.24, 2.45) is 0 Å². The largest absolute Gasteiger partial charge is 0.353 e. The lowest BCUT2D eigenvalue weighted by atomic mass is 9.86. The molecule has 0 aliphatic carbocycles. The van der Waals surface area contributed by atoms with Gasteiger partial charge in [-0.15, -0.1) is 0 Å². The normalized spacial score (nSPS) is 20.4. The fourth-order valence-electron chi connectivity index (χ4n) is 3.56. The van der Waals surface area contributed by atoms with Gasteiger partial charge in [-0.2, -0.15) is 0 Å². The zero-order valence-electron chi connectivity index (χ0n) is 13.2. The zero-order valence-corrected chi connectivity index (χ0v) is 13.2. The van der Waals surface area contributed by atoms with Crippen LogP contribution in [0, 0.1) is 24.4 Å². The summed E-state index contributed by atoms with van der Waals surface area (Å²) in [6.07, 6.45) is 0.448. The Morgan fingerprint density at radius 1 is 1.08 bits per heavy atom. The van der Waals surface area contributed by atoms with E-state index in [2.05, 4.69) is 15.3 Å². The fourth-order valence-corrected chi connectivity index (χ4v) is 3.56. The highest BCUT2D eigenvalue weighted by Gasteiger charge is 2.34. The van der Waals surface area contributed by atoms with Crippen molar-refractivity contribution in [2.45, 2.75) is 31.8 Å². The van der Waals surface area contributed by atoms with E-state index in [0.29, 0.717) is 19.0 Å². The van der Waals surface area contributed by atoms with Gasteiger partial charge in [0.05, 0.1) is 17.6 Å². The van der Waals surface area contributed by atoms with Crippen LogP contribution in [0.4, 0.5) is 13.2 Å². The summed E-state index contributed by atoms with van der Waals surface area (Å²) in [5.41, 5.74) is 7.32. The van der Waals surface area contributed by atoms with Crippen molar-refractivity contribution < 1.29 is 18.9 Å². The second-order valence-corrected chi connectivity index (χ2v) is 6.49. The van der Waals surface area contributed by atoms with Crippen LogP contribution in [0.3, 0.4) is 0 Å². The average molecular weight is 332 g/mol. The minimum absolute atomic E-state index is 0.157. The van der Waals surface area contributed by atoms with Crippen molar-refractivity contribution in [2.75, 3.05) is 0 Å². The van der Waals surface area contributed by atoms with E-state index in [1.54, 1.807) is 0 Å². The summed E-state index contributed by atoms with van der Waals surface area (Å²) in [6.45, 7) is 2.57. The summed E-state index contributed by atoms with van der Waals surface area (Å²) >= 11 is 0. The van der Waals surface area contributed by atoms with Gasteiger partial charge in [-0.1, -0.05) is 6.07 Å². The lowest BCUT2D eigenvalue weighted by Crippen LogP contribution is -2.67. The first kappa shape index (κ1) is 15.2. The molecule has 0 fully saturated rings. The number of halogens is 3. The van der Waals surface area contributed by atoms with Gasteiger partial charge < -0.3 is 10.3 Å². The molecule has 0 saturated carbocycles. The molecule has 0 amide bonds. The lowest BCUT2D eigenvalue weighted by molar-refractivity contribution is -0.430. The third kappa shape index (κ3) is 2.29. The lowest BCUT2D eigenvalue weighted by Gasteiger charge is -2.28. The molecule has 2 heterocycles. The summed E-state index contributed by atoms with van der Waals surface area (Å²) < 4.78 is 43.0. The van der Waals surface area contributed by atoms with Gasteiger partial charge in [0.1, 0.15) is 17.7 Å². The maximum atomic E-state index is 14.2. The van der Waals surface area contributed by atoms with Crippen LogP contribution < -0.4 is 5.73 Å². The highest BCUT2D eigenvalue weighted by Crippen LogP contribution is 2.33. The molecule has 124 valence electrons. The maximum absolute atomic E-state index is 14.2. The number of benzene rings is 2. The molecule has 0 bridgehead atoms. The quantitative estimate of drug-likeness (QED) is 0.684. The number of rotatable bonds is 1. The number of hydrogen-bond acceptors (Lipinski definition) is 1. The highest BCUT2D eigenvalue weighted by atomic mass is 19.2. The maximum Gasteiger partial charge on any atom is 0.161 e. The molecule has 4 rings (SSSR count). The summed E-state index contributed by atoms with van der Waals surface area (Å²) in [5, 5.41) is 0. The van der Waals surface area contributed by atoms with Crippen LogP contribution in [-0.2, 0) is 13.0 Å². The molecule has 1 aromatic heterocycles. The molecule has 0 spiro atoms. The van der Waals surface area contributed by atoms with E-state index in [9.17, 15) is 13.2 Å². The van der Waals surface area contributed by atoms with E-state index in [1.807, 2.05) is 25.1 Å². The van der Waals surface area contributed by atoms with E-state index in [0.717, 1.165) is 28.5 Å². The number of imidazole rings is 1. The van der Waals surface area contributed by atoms with Crippen LogP contribution in [0.2, 0.25) is 0 Å². The predicted molar refractivity (Wildman–Crippen MR) is 83.9 cm³/mol. The minimum Gasteiger partial charge on any atom is -0.353 e. The van der Waals surface area contributed by atoms with Gasteiger partial charge >= 0.3 is 0 Å². The smallest absolute Gasteiger partial charge is 0.161 e. The molecular formula is C18H17F3N3+. The van der Waals surface area contributed by atoms with Crippen LogP contribution in [0.25, 0.3) is 11.0 Å². The molecule has 1 aliphatic heterocycles. The van der Waals surface area contributed by atoms with Crippen molar-refractivity contribution in [3.63, 3.8) is 0 Å². The standard InChI is InChI=1S/C18H16F3N3/c1-9-2-3-17-16(4-9)23-18-6-11(15(22)8-24(17)18)10-5-13(20)14(21)7-12(10)19/h2-5,7,11,15H,6,8,22H2,1H3/p+1/t11-,15+/m1/s1. The molecule has 0 radical (unpaired) electrons. The number of quaternary nitrogens is 1. The Hall–Kier alpha value is -2.34. The SMILES string of the molecule is Cc1ccc2c(c1)nc1n2C[C@H]([NH3+])[C@@H](c2cc(F)c(F)cc2F)C1. The third-order valence-electron chi connectivity index (χ3n) is 4.81. The summed E-state index contributed by atoms with van der Waals surface area (Å²) in [7, 11) is 0. The van der Waals surface area contributed by atoms with Crippen molar-refractivity contribution in [3.8, 4) is 0 Å². The van der Waals surface area contributed by atoms with Crippen LogP contribution in [0.1, 0.15) is 22.9 Å². The van der Waals surface area contributed by atoms with Crippen LogP contribution in [0.15, 0.2) is 30.3 Å². The minimum atomic E-state index is -1.17. The molecule has 0 saturated heterocycles. The Morgan fingerprint density at radius 3 is 2.62 bits per heavy atom. The van der Waals surface area contributed by atoms with Crippen LogP contribution in [-0.4, -0.2) is 15.6 Å². The van der Waals surface area contributed by atoms with E-state index in [4.69, 9.17) is 0 Å². The fraction of sp³-hybridized carbons (Fsp3) is 0.278. The van der Waals surface area contributed by atoms with Crippen LogP contribution >= 0.6 is 0 Å². The van der Waals surface area contributed by atoms with E-state index in [-0.39, 0.29) is 17.5 Å². The molecule has 6 heteroatoms. The Labute approximate surface area is 136 Å². The molecule has 1 aliphatic rings. The molecule has 24 heavy (non-hydrogen) atoms. The second-order valence-electron chi connectivity index (χ2n) is 6.49. The number of hydrogen-bond donors (Lipinski definition) is 1. The summed E-state index contributed by atoms with van der Waals surface area (Å²) in [4.78, 5) is 4.64. The Morgan fingerprint density at radius 2 is 1.83 bits per heavy atom. The highest BCUT2D eigenvalue weighted by molar-refractivity contribution is 5.77. The van der Waals surface area contributed by atoms with E-state index < -0.39 is 17.5 Å². The van der Waals surface area contributed by atoms with Gasteiger partial charge in [0.25, 0.3) is 0 Å². The molecule has 3 aromatic rings. The Balaban J connectivity index is 1.79. The Kier molecular flexibility index (Phi) is 3.38. The average Bonchev–Trinajstić information content (AvgIpc) is 2.86.